The lowest BCUT2D eigenvalue weighted by atomic mass is 10.1. The number of hydrogen-bond acceptors (Lipinski definition) is 3. The molecule has 78 valence electrons. The van der Waals surface area contributed by atoms with Crippen LogP contribution in [0.5, 0.6) is 0 Å². The Morgan fingerprint density at radius 3 is 3.07 bits per heavy atom. The van der Waals surface area contributed by atoms with Gasteiger partial charge in [-0.2, -0.15) is 4.37 Å². The van der Waals surface area contributed by atoms with Gasteiger partial charge in [-0.1, -0.05) is 11.6 Å². The number of amides is 1. The van der Waals surface area contributed by atoms with Gasteiger partial charge in [0.15, 0.2) is 0 Å². The van der Waals surface area contributed by atoms with Crippen molar-refractivity contribution in [2.24, 2.45) is 0 Å². The summed E-state index contributed by atoms with van der Waals surface area (Å²) in [5.74, 6) is -0.0886. The summed E-state index contributed by atoms with van der Waals surface area (Å²) >= 11 is 1.37. The lowest BCUT2D eigenvalue weighted by Crippen LogP contribution is -2.23. The number of nitrogens with one attached hydrogen (secondary N) is 1. The van der Waals surface area contributed by atoms with Gasteiger partial charge in [-0.05, 0) is 37.5 Å². The topological polar surface area (TPSA) is 42.0 Å². The molecule has 1 aromatic carbocycles. The number of hydrogen-bond donors (Lipinski definition) is 1. The van der Waals surface area contributed by atoms with Crippen molar-refractivity contribution in [3.63, 3.8) is 0 Å². The Bertz CT molecular complexity index is 504. The molecular formula is C11H12N2OS. The molecule has 0 fully saturated rings. The van der Waals surface area contributed by atoms with Crippen molar-refractivity contribution < 1.29 is 4.79 Å². The summed E-state index contributed by atoms with van der Waals surface area (Å²) in [6.07, 6.45) is 0. The number of nitrogens with zero attached hydrogens (tertiary/aromatic N) is 1. The molecule has 0 aliphatic carbocycles. The molecule has 0 saturated heterocycles. The van der Waals surface area contributed by atoms with Crippen LogP contribution in [-0.2, 0) is 0 Å². The fourth-order valence-electron chi connectivity index (χ4n) is 1.46. The number of benzene rings is 1. The van der Waals surface area contributed by atoms with Gasteiger partial charge in [0.2, 0.25) is 0 Å². The second-order valence-electron chi connectivity index (χ2n) is 3.39. The predicted octanol–water partition coefficient (Wildman–Crippen LogP) is 2.35. The molecule has 0 spiro atoms. The molecular weight excluding hydrogens is 208 g/mol. The summed E-state index contributed by atoms with van der Waals surface area (Å²) in [6.45, 7) is 4.54. The van der Waals surface area contributed by atoms with E-state index in [1.165, 1.54) is 11.5 Å². The van der Waals surface area contributed by atoms with Crippen LogP contribution in [0, 0.1) is 6.92 Å². The van der Waals surface area contributed by atoms with E-state index in [9.17, 15) is 4.79 Å². The Labute approximate surface area is 92.3 Å². The number of fused-ring (bicyclic) bond motifs is 1. The Morgan fingerprint density at radius 2 is 2.33 bits per heavy atom. The van der Waals surface area contributed by atoms with Crippen LogP contribution in [0.4, 0.5) is 0 Å². The SMILES string of the molecule is CCNC(=O)c1nsc2ccc(C)cc12. The summed E-state index contributed by atoms with van der Waals surface area (Å²) in [7, 11) is 0. The molecule has 0 saturated carbocycles. The van der Waals surface area contributed by atoms with E-state index in [0.717, 1.165) is 15.6 Å². The quantitative estimate of drug-likeness (QED) is 0.844. The van der Waals surface area contributed by atoms with Gasteiger partial charge in [-0.3, -0.25) is 4.79 Å². The van der Waals surface area contributed by atoms with Crippen LogP contribution in [0.15, 0.2) is 18.2 Å². The van der Waals surface area contributed by atoms with Crippen LogP contribution in [0.25, 0.3) is 10.1 Å². The molecule has 0 unspecified atom stereocenters. The molecule has 1 amide bonds. The fourth-order valence-corrected chi connectivity index (χ4v) is 2.21. The van der Waals surface area contributed by atoms with E-state index in [1.807, 2.05) is 32.0 Å². The zero-order valence-electron chi connectivity index (χ0n) is 8.70. The molecule has 0 atom stereocenters. The first kappa shape index (κ1) is 10.1. The molecule has 15 heavy (non-hydrogen) atoms. The van der Waals surface area contributed by atoms with Crippen molar-refractivity contribution in [3.05, 3.63) is 29.5 Å². The van der Waals surface area contributed by atoms with Gasteiger partial charge < -0.3 is 5.32 Å². The molecule has 3 nitrogen and oxygen atoms in total. The lowest BCUT2D eigenvalue weighted by Gasteiger charge is -1.99. The summed E-state index contributed by atoms with van der Waals surface area (Å²) in [5, 5.41) is 3.71. The Hall–Kier alpha value is -1.42. The zero-order valence-corrected chi connectivity index (χ0v) is 9.52. The van der Waals surface area contributed by atoms with Crippen molar-refractivity contribution in [2.45, 2.75) is 13.8 Å². The maximum absolute atomic E-state index is 11.7. The van der Waals surface area contributed by atoms with Crippen molar-refractivity contribution in [3.8, 4) is 0 Å². The number of aryl methyl sites for hydroxylation is 1. The van der Waals surface area contributed by atoms with Gasteiger partial charge in [-0.15, -0.1) is 0 Å². The normalized spacial score (nSPS) is 10.5. The zero-order chi connectivity index (χ0) is 10.8. The van der Waals surface area contributed by atoms with Crippen LogP contribution < -0.4 is 5.32 Å². The molecule has 0 bridgehead atoms. The number of aromatic nitrogens is 1. The average molecular weight is 220 g/mol. The first-order chi connectivity index (χ1) is 7.22. The number of rotatable bonds is 2. The first-order valence-electron chi connectivity index (χ1n) is 4.86. The molecule has 2 rings (SSSR count). The second kappa shape index (κ2) is 3.98. The number of carbonyl (C=O) groups excluding carboxylic acids is 1. The maximum Gasteiger partial charge on any atom is 0.271 e. The maximum atomic E-state index is 11.7. The molecule has 2 aromatic rings. The second-order valence-corrected chi connectivity index (χ2v) is 4.20. The van der Waals surface area contributed by atoms with Gasteiger partial charge >= 0.3 is 0 Å². The minimum atomic E-state index is -0.0886. The molecule has 1 N–H and O–H groups in total. The van der Waals surface area contributed by atoms with E-state index >= 15 is 0 Å². The van der Waals surface area contributed by atoms with Crippen LogP contribution in [0.1, 0.15) is 23.0 Å². The standard InChI is InChI=1S/C11H12N2OS/c1-3-12-11(14)10-8-6-7(2)4-5-9(8)15-13-10/h4-6H,3H2,1-2H3,(H,12,14). The lowest BCUT2D eigenvalue weighted by molar-refractivity contribution is 0.0953. The third-order valence-electron chi connectivity index (χ3n) is 2.18. The average Bonchev–Trinajstić information content (AvgIpc) is 2.60. The van der Waals surface area contributed by atoms with Crippen molar-refractivity contribution in [1.82, 2.24) is 9.69 Å². The van der Waals surface area contributed by atoms with Crippen LogP contribution in [0.3, 0.4) is 0 Å². The van der Waals surface area contributed by atoms with E-state index < -0.39 is 0 Å². The summed E-state index contributed by atoms with van der Waals surface area (Å²) in [6, 6.07) is 6.04. The van der Waals surface area contributed by atoms with E-state index in [4.69, 9.17) is 0 Å². The highest BCUT2D eigenvalue weighted by Gasteiger charge is 2.12. The summed E-state index contributed by atoms with van der Waals surface area (Å²) in [5.41, 5.74) is 1.69. The van der Waals surface area contributed by atoms with E-state index in [2.05, 4.69) is 9.69 Å². The predicted molar refractivity (Wildman–Crippen MR) is 62.4 cm³/mol. The highest BCUT2D eigenvalue weighted by molar-refractivity contribution is 7.13. The largest absolute Gasteiger partial charge is 0.351 e. The molecule has 0 radical (unpaired) electrons. The summed E-state index contributed by atoms with van der Waals surface area (Å²) in [4.78, 5) is 11.7. The van der Waals surface area contributed by atoms with Gasteiger partial charge in [0, 0.05) is 11.9 Å². The minimum absolute atomic E-state index is 0.0886. The Balaban J connectivity index is 2.52. The first-order valence-corrected chi connectivity index (χ1v) is 5.64. The summed E-state index contributed by atoms with van der Waals surface area (Å²) < 4.78 is 5.24. The smallest absolute Gasteiger partial charge is 0.271 e. The van der Waals surface area contributed by atoms with Gasteiger partial charge in [0.25, 0.3) is 5.91 Å². The monoisotopic (exact) mass is 220 g/mol. The van der Waals surface area contributed by atoms with E-state index in [-0.39, 0.29) is 5.91 Å². The van der Waals surface area contributed by atoms with Crippen molar-refractivity contribution in [2.75, 3.05) is 6.54 Å². The van der Waals surface area contributed by atoms with Crippen molar-refractivity contribution in [1.29, 1.82) is 0 Å². The Kier molecular flexibility index (Phi) is 2.68. The molecule has 0 aliphatic heterocycles. The third kappa shape index (κ3) is 1.85. The van der Waals surface area contributed by atoms with Gasteiger partial charge in [-0.25, -0.2) is 0 Å². The number of carbonyl (C=O) groups is 1. The van der Waals surface area contributed by atoms with Crippen LogP contribution in [-0.4, -0.2) is 16.8 Å². The highest BCUT2D eigenvalue weighted by Crippen LogP contribution is 2.23. The minimum Gasteiger partial charge on any atom is -0.351 e. The van der Waals surface area contributed by atoms with Crippen molar-refractivity contribution >= 4 is 27.5 Å². The molecule has 4 heteroatoms. The molecule has 1 aromatic heterocycles. The van der Waals surface area contributed by atoms with Gasteiger partial charge in [0.1, 0.15) is 5.69 Å². The molecule has 0 aliphatic rings. The van der Waals surface area contributed by atoms with Crippen LogP contribution >= 0.6 is 11.5 Å². The highest BCUT2D eigenvalue weighted by atomic mass is 32.1. The van der Waals surface area contributed by atoms with E-state index in [0.29, 0.717) is 12.2 Å². The fraction of sp³-hybridized carbons (Fsp3) is 0.273. The molecule has 1 heterocycles. The third-order valence-corrected chi connectivity index (χ3v) is 3.00. The van der Waals surface area contributed by atoms with E-state index in [1.54, 1.807) is 0 Å². The Morgan fingerprint density at radius 1 is 1.53 bits per heavy atom. The van der Waals surface area contributed by atoms with Crippen LogP contribution in [0.2, 0.25) is 0 Å². The van der Waals surface area contributed by atoms with Gasteiger partial charge in [0.05, 0.1) is 4.70 Å².